The van der Waals surface area contributed by atoms with Crippen LogP contribution in [0, 0.1) is 0 Å². The van der Waals surface area contributed by atoms with Crippen LogP contribution in [0.3, 0.4) is 0 Å². The van der Waals surface area contributed by atoms with Crippen molar-refractivity contribution < 1.29 is 9.90 Å². The van der Waals surface area contributed by atoms with Crippen molar-refractivity contribution in [1.29, 1.82) is 0 Å². The van der Waals surface area contributed by atoms with Crippen molar-refractivity contribution in [3.63, 3.8) is 0 Å². The number of carbonyl (C=O) groups is 1. The molecule has 0 radical (unpaired) electrons. The third-order valence-corrected chi connectivity index (χ3v) is 3.78. The number of nitrogens with zero attached hydrogens (tertiary/aromatic N) is 1. The summed E-state index contributed by atoms with van der Waals surface area (Å²) in [5.74, 6) is 0. The Bertz CT molecular complexity index is 317. The fourth-order valence-corrected chi connectivity index (χ4v) is 2.84. The van der Waals surface area contributed by atoms with Gasteiger partial charge in [0.2, 0.25) is 0 Å². The molecule has 1 aliphatic carbocycles. The maximum atomic E-state index is 11.1. The molecule has 1 saturated carbocycles. The first kappa shape index (κ1) is 10.5. The molecule has 1 N–H and O–H groups in total. The van der Waals surface area contributed by atoms with Gasteiger partial charge in [0.1, 0.15) is 0 Å². The van der Waals surface area contributed by atoms with Crippen molar-refractivity contribution in [1.82, 2.24) is 4.90 Å². The third-order valence-electron chi connectivity index (χ3n) is 2.92. The lowest BCUT2D eigenvalue weighted by Crippen LogP contribution is -2.36. The molecule has 3 nitrogen and oxygen atoms in total. The standard InChI is InChI=1S/C11H15NO2S/c13-11(14)12(9-4-1-2-5-9)8-10-6-3-7-15-10/h3,6-7,9H,1-2,4-5,8H2,(H,13,14). The Morgan fingerprint density at radius 2 is 2.27 bits per heavy atom. The highest BCUT2D eigenvalue weighted by Gasteiger charge is 2.26. The molecule has 15 heavy (non-hydrogen) atoms. The van der Waals surface area contributed by atoms with Gasteiger partial charge in [-0.3, -0.25) is 0 Å². The molecule has 0 spiro atoms. The van der Waals surface area contributed by atoms with Crippen LogP contribution >= 0.6 is 11.3 Å². The van der Waals surface area contributed by atoms with Crippen LogP contribution in [0.4, 0.5) is 4.79 Å². The molecule has 1 aliphatic rings. The third kappa shape index (κ3) is 2.50. The zero-order valence-corrected chi connectivity index (χ0v) is 9.37. The lowest BCUT2D eigenvalue weighted by Gasteiger charge is -2.25. The summed E-state index contributed by atoms with van der Waals surface area (Å²) in [5.41, 5.74) is 0. The predicted octanol–water partition coefficient (Wildman–Crippen LogP) is 3.17. The van der Waals surface area contributed by atoms with Gasteiger partial charge in [-0.25, -0.2) is 4.79 Å². The maximum Gasteiger partial charge on any atom is 0.407 e. The average molecular weight is 225 g/mol. The summed E-state index contributed by atoms with van der Waals surface area (Å²) < 4.78 is 0. The van der Waals surface area contributed by atoms with E-state index in [0.29, 0.717) is 6.54 Å². The maximum absolute atomic E-state index is 11.1. The van der Waals surface area contributed by atoms with E-state index in [0.717, 1.165) is 17.7 Å². The molecule has 1 amide bonds. The lowest BCUT2D eigenvalue weighted by molar-refractivity contribution is 0.122. The van der Waals surface area contributed by atoms with Gasteiger partial charge in [0.15, 0.2) is 0 Å². The molecule has 82 valence electrons. The summed E-state index contributed by atoms with van der Waals surface area (Å²) in [7, 11) is 0. The van der Waals surface area contributed by atoms with Crippen molar-refractivity contribution >= 4 is 17.4 Å². The van der Waals surface area contributed by atoms with Crippen LogP contribution in [0.1, 0.15) is 30.6 Å². The fraction of sp³-hybridized carbons (Fsp3) is 0.545. The van der Waals surface area contributed by atoms with E-state index in [1.807, 2.05) is 17.5 Å². The number of rotatable bonds is 3. The minimum absolute atomic E-state index is 0.240. The normalized spacial score (nSPS) is 16.8. The number of hydrogen-bond acceptors (Lipinski definition) is 2. The summed E-state index contributed by atoms with van der Waals surface area (Å²) in [6.45, 7) is 0.553. The van der Waals surface area contributed by atoms with Crippen LogP contribution in [-0.4, -0.2) is 22.1 Å². The van der Waals surface area contributed by atoms with Crippen molar-refractivity contribution in [2.24, 2.45) is 0 Å². The summed E-state index contributed by atoms with van der Waals surface area (Å²) in [6, 6.07) is 4.20. The largest absolute Gasteiger partial charge is 0.465 e. The Hall–Kier alpha value is -1.03. The van der Waals surface area contributed by atoms with Crippen LogP contribution < -0.4 is 0 Å². The molecule has 1 aromatic heterocycles. The van der Waals surface area contributed by atoms with Gasteiger partial charge in [0.05, 0.1) is 6.54 Å². The Morgan fingerprint density at radius 1 is 1.53 bits per heavy atom. The Balaban J connectivity index is 2.03. The highest BCUT2D eigenvalue weighted by atomic mass is 32.1. The lowest BCUT2D eigenvalue weighted by atomic mass is 10.2. The van der Waals surface area contributed by atoms with Crippen molar-refractivity contribution in [2.75, 3.05) is 0 Å². The van der Waals surface area contributed by atoms with E-state index in [2.05, 4.69) is 0 Å². The monoisotopic (exact) mass is 225 g/mol. The summed E-state index contributed by atoms with van der Waals surface area (Å²) >= 11 is 1.62. The first-order valence-electron chi connectivity index (χ1n) is 5.29. The SMILES string of the molecule is O=C(O)N(Cc1cccs1)C1CCCC1. The van der Waals surface area contributed by atoms with Gasteiger partial charge in [-0.05, 0) is 24.3 Å². The fourth-order valence-electron chi connectivity index (χ4n) is 2.14. The molecule has 0 aliphatic heterocycles. The van der Waals surface area contributed by atoms with E-state index in [9.17, 15) is 4.79 Å². The number of thiophene rings is 1. The highest BCUT2D eigenvalue weighted by molar-refractivity contribution is 7.09. The molecule has 0 aromatic carbocycles. The van der Waals surface area contributed by atoms with Gasteiger partial charge < -0.3 is 10.0 Å². The van der Waals surface area contributed by atoms with E-state index in [4.69, 9.17) is 5.11 Å². The molecule has 0 atom stereocenters. The second-order valence-corrected chi connectivity index (χ2v) is 4.96. The molecule has 0 unspecified atom stereocenters. The average Bonchev–Trinajstić information content (AvgIpc) is 2.87. The Kier molecular flexibility index (Phi) is 3.26. The number of hydrogen-bond donors (Lipinski definition) is 1. The molecule has 1 heterocycles. The van der Waals surface area contributed by atoms with E-state index in [1.165, 1.54) is 12.8 Å². The van der Waals surface area contributed by atoms with E-state index in [1.54, 1.807) is 16.2 Å². The van der Waals surface area contributed by atoms with Crippen molar-refractivity contribution in [3.8, 4) is 0 Å². The second kappa shape index (κ2) is 4.66. The van der Waals surface area contributed by atoms with Crippen LogP contribution in [0.2, 0.25) is 0 Å². The summed E-state index contributed by atoms with van der Waals surface area (Å²) in [4.78, 5) is 13.9. The van der Waals surface area contributed by atoms with E-state index in [-0.39, 0.29) is 6.04 Å². The predicted molar refractivity (Wildman–Crippen MR) is 60.1 cm³/mol. The van der Waals surface area contributed by atoms with Gasteiger partial charge in [-0.15, -0.1) is 11.3 Å². The van der Waals surface area contributed by atoms with Gasteiger partial charge in [0, 0.05) is 10.9 Å². The van der Waals surface area contributed by atoms with Crippen LogP contribution in [0.25, 0.3) is 0 Å². The van der Waals surface area contributed by atoms with Crippen LogP contribution in [0.5, 0.6) is 0 Å². The molecular weight excluding hydrogens is 210 g/mol. The first-order valence-corrected chi connectivity index (χ1v) is 6.17. The van der Waals surface area contributed by atoms with Gasteiger partial charge in [-0.2, -0.15) is 0 Å². The molecule has 0 saturated heterocycles. The molecule has 0 bridgehead atoms. The Labute approximate surface area is 93.3 Å². The van der Waals surface area contributed by atoms with Crippen LogP contribution in [0.15, 0.2) is 17.5 Å². The van der Waals surface area contributed by atoms with Gasteiger partial charge in [-0.1, -0.05) is 18.9 Å². The van der Waals surface area contributed by atoms with E-state index < -0.39 is 6.09 Å². The van der Waals surface area contributed by atoms with Gasteiger partial charge >= 0.3 is 6.09 Å². The number of carboxylic acid groups (broad SMARTS) is 1. The topological polar surface area (TPSA) is 40.5 Å². The zero-order chi connectivity index (χ0) is 10.7. The van der Waals surface area contributed by atoms with E-state index >= 15 is 0 Å². The highest BCUT2D eigenvalue weighted by Crippen LogP contribution is 2.25. The quantitative estimate of drug-likeness (QED) is 0.858. The summed E-state index contributed by atoms with van der Waals surface area (Å²) in [6.07, 6.45) is 3.60. The molecule has 1 aromatic rings. The van der Waals surface area contributed by atoms with Crippen molar-refractivity contribution in [2.45, 2.75) is 38.3 Å². The van der Waals surface area contributed by atoms with Crippen molar-refractivity contribution in [3.05, 3.63) is 22.4 Å². The number of amides is 1. The Morgan fingerprint density at radius 3 is 2.80 bits per heavy atom. The minimum Gasteiger partial charge on any atom is -0.465 e. The molecule has 4 heteroatoms. The summed E-state index contributed by atoms with van der Waals surface area (Å²) in [5, 5.41) is 11.2. The zero-order valence-electron chi connectivity index (χ0n) is 8.56. The van der Waals surface area contributed by atoms with Gasteiger partial charge in [0.25, 0.3) is 0 Å². The molecule has 1 fully saturated rings. The van der Waals surface area contributed by atoms with Crippen LogP contribution in [-0.2, 0) is 6.54 Å². The minimum atomic E-state index is -0.782. The molecular formula is C11H15NO2S. The first-order chi connectivity index (χ1) is 7.27. The second-order valence-electron chi connectivity index (χ2n) is 3.93. The molecule has 2 rings (SSSR count). The smallest absolute Gasteiger partial charge is 0.407 e.